The Balaban J connectivity index is 1.70. The van der Waals surface area contributed by atoms with Crippen molar-refractivity contribution in [2.45, 2.75) is 16.2 Å². The SMILES string of the molecule is N#C/C(=C/c1ccc(Sc2ccc(Cl)cc2)o1)C(=O)Nc1nnc(C(F)(F)F)s1. The molecule has 0 fully saturated rings. The Morgan fingerprint density at radius 3 is 2.59 bits per heavy atom. The van der Waals surface area contributed by atoms with E-state index in [4.69, 9.17) is 16.0 Å². The number of rotatable bonds is 5. The van der Waals surface area contributed by atoms with Gasteiger partial charge in [0, 0.05) is 16.0 Å². The number of anilines is 1. The number of nitrogens with one attached hydrogen (secondary N) is 1. The number of aromatic nitrogens is 2. The molecule has 3 rings (SSSR count). The zero-order valence-electron chi connectivity index (χ0n) is 14.0. The van der Waals surface area contributed by atoms with Gasteiger partial charge >= 0.3 is 6.18 Å². The van der Waals surface area contributed by atoms with Crippen LogP contribution in [-0.2, 0) is 11.0 Å². The molecule has 2 heterocycles. The fraction of sp³-hybridized carbons (Fsp3) is 0.0588. The van der Waals surface area contributed by atoms with E-state index in [-0.39, 0.29) is 27.8 Å². The summed E-state index contributed by atoms with van der Waals surface area (Å²) in [6.07, 6.45) is -3.49. The first-order valence-corrected chi connectivity index (χ1v) is 9.63. The molecule has 6 nitrogen and oxygen atoms in total. The molecule has 0 bridgehead atoms. The first-order chi connectivity index (χ1) is 13.7. The van der Waals surface area contributed by atoms with Gasteiger partial charge < -0.3 is 4.42 Å². The Kier molecular flexibility index (Phi) is 6.26. The highest BCUT2D eigenvalue weighted by molar-refractivity contribution is 7.99. The summed E-state index contributed by atoms with van der Waals surface area (Å²) in [6, 6.07) is 11.9. The number of carbonyl (C=O) groups excluding carboxylic acids is 1. The van der Waals surface area contributed by atoms with E-state index in [2.05, 4.69) is 15.5 Å². The highest BCUT2D eigenvalue weighted by Crippen LogP contribution is 2.33. The molecule has 0 aliphatic carbocycles. The standard InChI is InChI=1S/C17H8ClF3N4O2S2/c18-10-1-4-12(5-2-10)28-13-6-3-11(27-13)7-9(8-22)14(26)23-16-25-24-15(29-16)17(19,20)21/h1-7H,(H,23,25,26)/b9-7-. The van der Waals surface area contributed by atoms with Gasteiger partial charge in [-0.05, 0) is 36.4 Å². The third kappa shape index (κ3) is 5.60. The predicted octanol–water partition coefficient (Wildman–Crippen LogP) is 5.50. The Labute approximate surface area is 175 Å². The number of nitriles is 1. The molecule has 1 N–H and O–H groups in total. The largest absolute Gasteiger partial charge is 0.450 e. The Morgan fingerprint density at radius 2 is 1.97 bits per heavy atom. The van der Waals surface area contributed by atoms with E-state index in [1.807, 2.05) is 0 Å². The fourth-order valence-corrected chi connectivity index (χ4v) is 3.44. The fourth-order valence-electron chi connectivity index (χ4n) is 1.93. The normalized spacial score (nSPS) is 11.9. The summed E-state index contributed by atoms with van der Waals surface area (Å²) in [5.74, 6) is -0.706. The lowest BCUT2D eigenvalue weighted by Crippen LogP contribution is -2.13. The summed E-state index contributed by atoms with van der Waals surface area (Å²) in [7, 11) is 0. The number of benzene rings is 1. The maximum absolute atomic E-state index is 12.5. The van der Waals surface area contributed by atoms with E-state index in [1.165, 1.54) is 17.8 Å². The summed E-state index contributed by atoms with van der Waals surface area (Å²) in [5, 5.41) is 17.0. The highest BCUT2D eigenvalue weighted by Gasteiger charge is 2.35. The first-order valence-electron chi connectivity index (χ1n) is 7.62. The number of hydrogen-bond donors (Lipinski definition) is 1. The molecular formula is C17H8ClF3N4O2S2. The minimum absolute atomic E-state index is 0.157. The monoisotopic (exact) mass is 456 g/mol. The number of amides is 1. The van der Waals surface area contributed by atoms with E-state index in [0.717, 1.165) is 4.90 Å². The van der Waals surface area contributed by atoms with Crippen LogP contribution in [0.15, 0.2) is 56.4 Å². The van der Waals surface area contributed by atoms with Crippen LogP contribution >= 0.6 is 34.7 Å². The van der Waals surface area contributed by atoms with Crippen molar-refractivity contribution in [1.82, 2.24) is 10.2 Å². The van der Waals surface area contributed by atoms with Gasteiger partial charge in [-0.25, -0.2) is 0 Å². The average molecular weight is 457 g/mol. The summed E-state index contributed by atoms with van der Waals surface area (Å²) in [5.41, 5.74) is -0.369. The number of carbonyl (C=O) groups is 1. The van der Waals surface area contributed by atoms with Crippen molar-refractivity contribution in [2.75, 3.05) is 5.32 Å². The molecule has 0 unspecified atom stereocenters. The van der Waals surface area contributed by atoms with Gasteiger partial charge in [0.15, 0.2) is 5.09 Å². The second kappa shape index (κ2) is 8.69. The van der Waals surface area contributed by atoms with Gasteiger partial charge in [0.05, 0.1) is 0 Å². The highest BCUT2D eigenvalue weighted by atomic mass is 35.5. The molecule has 0 spiro atoms. The number of alkyl halides is 3. The van der Waals surface area contributed by atoms with E-state index in [1.54, 1.807) is 42.5 Å². The molecule has 3 aromatic rings. The maximum Gasteiger partial charge on any atom is 0.445 e. The molecule has 0 saturated carbocycles. The van der Waals surface area contributed by atoms with Gasteiger partial charge in [-0.1, -0.05) is 34.7 Å². The zero-order valence-corrected chi connectivity index (χ0v) is 16.4. The van der Waals surface area contributed by atoms with Crippen molar-refractivity contribution in [2.24, 2.45) is 0 Å². The summed E-state index contributed by atoms with van der Waals surface area (Å²) < 4.78 is 43.2. The van der Waals surface area contributed by atoms with Crippen molar-refractivity contribution in [3.8, 4) is 6.07 Å². The Morgan fingerprint density at radius 1 is 1.24 bits per heavy atom. The van der Waals surface area contributed by atoms with Crippen LogP contribution in [0.5, 0.6) is 0 Å². The first kappa shape index (κ1) is 20.9. The van der Waals surface area contributed by atoms with Gasteiger partial charge in [0.2, 0.25) is 10.1 Å². The number of furan rings is 1. The van der Waals surface area contributed by atoms with Crippen LogP contribution in [0.3, 0.4) is 0 Å². The average Bonchev–Trinajstić information content (AvgIpc) is 3.31. The van der Waals surface area contributed by atoms with E-state index >= 15 is 0 Å². The van der Waals surface area contributed by atoms with E-state index in [9.17, 15) is 23.2 Å². The lowest BCUT2D eigenvalue weighted by Gasteiger charge is -2.00. The van der Waals surface area contributed by atoms with Gasteiger partial charge in [-0.2, -0.15) is 18.4 Å². The van der Waals surface area contributed by atoms with Gasteiger partial charge in [-0.3, -0.25) is 10.1 Å². The van der Waals surface area contributed by atoms with Gasteiger partial charge in [0.1, 0.15) is 17.4 Å². The molecule has 0 aliphatic heterocycles. The molecule has 2 aromatic heterocycles. The summed E-state index contributed by atoms with van der Waals surface area (Å²) in [6.45, 7) is 0. The quantitative estimate of drug-likeness (QED) is 0.402. The lowest BCUT2D eigenvalue weighted by atomic mass is 10.2. The summed E-state index contributed by atoms with van der Waals surface area (Å²) in [4.78, 5) is 13.0. The van der Waals surface area contributed by atoms with Crippen molar-refractivity contribution in [1.29, 1.82) is 5.26 Å². The lowest BCUT2D eigenvalue weighted by molar-refractivity contribution is -0.138. The Bertz CT molecular complexity index is 1100. The van der Waals surface area contributed by atoms with Crippen molar-refractivity contribution < 1.29 is 22.4 Å². The van der Waals surface area contributed by atoms with Crippen LogP contribution in [0, 0.1) is 11.3 Å². The topological polar surface area (TPSA) is 91.8 Å². The van der Waals surface area contributed by atoms with Crippen LogP contribution in [-0.4, -0.2) is 16.1 Å². The summed E-state index contributed by atoms with van der Waals surface area (Å²) >= 11 is 7.29. The minimum Gasteiger partial charge on any atom is -0.450 e. The molecule has 0 saturated heterocycles. The molecule has 1 amide bonds. The minimum atomic E-state index is -4.67. The smallest absolute Gasteiger partial charge is 0.445 e. The number of hydrogen-bond acceptors (Lipinski definition) is 7. The molecular weight excluding hydrogens is 449 g/mol. The molecule has 12 heteroatoms. The number of nitrogens with zero attached hydrogens (tertiary/aromatic N) is 3. The predicted molar refractivity (Wildman–Crippen MR) is 101 cm³/mol. The Hall–Kier alpha value is -2.81. The van der Waals surface area contributed by atoms with Crippen LogP contribution in [0.1, 0.15) is 10.8 Å². The molecule has 0 radical (unpaired) electrons. The zero-order chi connectivity index (χ0) is 21.0. The van der Waals surface area contributed by atoms with Gasteiger partial charge in [0.25, 0.3) is 5.91 Å². The second-order valence-corrected chi connectivity index (χ2v) is 7.74. The molecule has 148 valence electrons. The van der Waals surface area contributed by atoms with Crippen LogP contribution in [0.25, 0.3) is 6.08 Å². The van der Waals surface area contributed by atoms with Crippen LogP contribution < -0.4 is 5.32 Å². The van der Waals surface area contributed by atoms with Crippen LogP contribution in [0.2, 0.25) is 5.02 Å². The molecule has 1 aromatic carbocycles. The number of halogens is 4. The molecule has 0 aliphatic rings. The van der Waals surface area contributed by atoms with E-state index in [0.29, 0.717) is 10.1 Å². The molecule has 0 atom stereocenters. The van der Waals surface area contributed by atoms with E-state index < -0.39 is 17.1 Å². The molecule has 29 heavy (non-hydrogen) atoms. The van der Waals surface area contributed by atoms with Crippen molar-refractivity contribution in [3.63, 3.8) is 0 Å². The maximum atomic E-state index is 12.5. The van der Waals surface area contributed by atoms with Crippen molar-refractivity contribution in [3.05, 3.63) is 57.8 Å². The van der Waals surface area contributed by atoms with Gasteiger partial charge in [-0.15, -0.1) is 10.2 Å². The van der Waals surface area contributed by atoms with Crippen LogP contribution in [0.4, 0.5) is 18.3 Å². The van der Waals surface area contributed by atoms with Crippen molar-refractivity contribution >= 4 is 51.8 Å². The third-order valence-electron chi connectivity index (χ3n) is 3.17. The second-order valence-electron chi connectivity index (χ2n) is 5.25. The third-order valence-corrected chi connectivity index (χ3v) is 5.24.